The summed E-state index contributed by atoms with van der Waals surface area (Å²) in [5.74, 6) is 0.711. The molecule has 1 fully saturated rings. The minimum atomic E-state index is -0.0590. The zero-order valence-electron chi connectivity index (χ0n) is 11.6. The van der Waals surface area contributed by atoms with E-state index < -0.39 is 0 Å². The standard InChI is InChI=1S/C15H22N2O2/c1-11-8-13(5-6-14(11)18)15(19)16-9-12-4-3-7-17(2)10-12/h5-6,8,12,18H,3-4,7,9-10H2,1-2H3,(H,16,19). The van der Waals surface area contributed by atoms with Crippen LogP contribution in [-0.2, 0) is 0 Å². The lowest BCUT2D eigenvalue weighted by Gasteiger charge is -2.29. The van der Waals surface area contributed by atoms with Gasteiger partial charge in [0, 0.05) is 18.7 Å². The number of hydrogen-bond acceptors (Lipinski definition) is 3. The van der Waals surface area contributed by atoms with Gasteiger partial charge in [0.1, 0.15) is 5.75 Å². The molecule has 0 aromatic heterocycles. The maximum Gasteiger partial charge on any atom is 0.251 e. The van der Waals surface area contributed by atoms with E-state index in [4.69, 9.17) is 0 Å². The van der Waals surface area contributed by atoms with Gasteiger partial charge in [-0.1, -0.05) is 0 Å². The highest BCUT2D eigenvalue weighted by atomic mass is 16.3. The summed E-state index contributed by atoms with van der Waals surface area (Å²) in [6.45, 7) is 4.72. The van der Waals surface area contributed by atoms with E-state index in [0.717, 1.165) is 25.2 Å². The highest BCUT2D eigenvalue weighted by Crippen LogP contribution is 2.17. The van der Waals surface area contributed by atoms with Crippen LogP contribution in [0.15, 0.2) is 18.2 Å². The van der Waals surface area contributed by atoms with E-state index in [9.17, 15) is 9.90 Å². The van der Waals surface area contributed by atoms with Gasteiger partial charge in [-0.2, -0.15) is 0 Å². The molecule has 1 heterocycles. The Labute approximate surface area is 114 Å². The van der Waals surface area contributed by atoms with Crippen molar-refractivity contribution in [3.8, 4) is 5.75 Å². The van der Waals surface area contributed by atoms with Crippen LogP contribution in [0, 0.1) is 12.8 Å². The normalized spacial score (nSPS) is 20.2. The monoisotopic (exact) mass is 262 g/mol. The largest absolute Gasteiger partial charge is 0.508 e. The van der Waals surface area contributed by atoms with Crippen LogP contribution in [0.25, 0.3) is 0 Å². The zero-order chi connectivity index (χ0) is 13.8. The summed E-state index contributed by atoms with van der Waals surface area (Å²) in [6.07, 6.45) is 2.38. The Bertz CT molecular complexity index is 459. The molecular weight excluding hydrogens is 240 g/mol. The summed E-state index contributed by atoms with van der Waals surface area (Å²) in [4.78, 5) is 14.3. The van der Waals surface area contributed by atoms with Crippen molar-refractivity contribution in [3.63, 3.8) is 0 Å². The molecule has 0 spiro atoms. The van der Waals surface area contributed by atoms with Crippen molar-refractivity contribution in [2.75, 3.05) is 26.7 Å². The van der Waals surface area contributed by atoms with Crippen molar-refractivity contribution in [3.05, 3.63) is 29.3 Å². The third-order valence-electron chi connectivity index (χ3n) is 3.73. The number of carbonyl (C=O) groups is 1. The zero-order valence-corrected chi connectivity index (χ0v) is 11.6. The second kappa shape index (κ2) is 6.06. The summed E-state index contributed by atoms with van der Waals surface area (Å²) in [5.41, 5.74) is 1.34. The molecule has 2 N–H and O–H groups in total. The Balaban J connectivity index is 1.88. The molecule has 1 saturated heterocycles. The highest BCUT2D eigenvalue weighted by Gasteiger charge is 2.18. The number of rotatable bonds is 3. The average molecular weight is 262 g/mol. The van der Waals surface area contributed by atoms with Gasteiger partial charge in [-0.25, -0.2) is 0 Å². The van der Waals surface area contributed by atoms with E-state index in [1.807, 2.05) is 0 Å². The van der Waals surface area contributed by atoms with Crippen LogP contribution < -0.4 is 5.32 Å². The maximum absolute atomic E-state index is 12.0. The quantitative estimate of drug-likeness (QED) is 0.873. The lowest BCUT2D eigenvalue weighted by molar-refractivity contribution is 0.0936. The Morgan fingerprint density at radius 1 is 1.53 bits per heavy atom. The van der Waals surface area contributed by atoms with Crippen LogP contribution in [0.3, 0.4) is 0 Å². The number of likely N-dealkylation sites (tertiary alicyclic amines) is 1. The van der Waals surface area contributed by atoms with Crippen molar-refractivity contribution in [1.82, 2.24) is 10.2 Å². The van der Waals surface area contributed by atoms with E-state index in [-0.39, 0.29) is 11.7 Å². The second-order valence-electron chi connectivity index (χ2n) is 5.48. The number of aryl methyl sites for hydroxylation is 1. The number of hydrogen-bond donors (Lipinski definition) is 2. The number of nitrogens with one attached hydrogen (secondary N) is 1. The summed E-state index contributed by atoms with van der Waals surface area (Å²) >= 11 is 0. The van der Waals surface area contributed by atoms with Crippen LogP contribution in [0.4, 0.5) is 0 Å². The van der Waals surface area contributed by atoms with Crippen LogP contribution >= 0.6 is 0 Å². The molecule has 2 rings (SSSR count). The molecule has 0 radical (unpaired) electrons. The molecule has 4 nitrogen and oxygen atoms in total. The Hall–Kier alpha value is -1.55. The maximum atomic E-state index is 12.0. The van der Waals surface area contributed by atoms with Crippen LogP contribution in [0.1, 0.15) is 28.8 Å². The van der Waals surface area contributed by atoms with E-state index >= 15 is 0 Å². The van der Waals surface area contributed by atoms with Gasteiger partial charge >= 0.3 is 0 Å². The Morgan fingerprint density at radius 3 is 3.00 bits per heavy atom. The molecule has 19 heavy (non-hydrogen) atoms. The molecule has 1 atom stereocenters. The summed E-state index contributed by atoms with van der Waals surface area (Å²) in [7, 11) is 2.12. The van der Waals surface area contributed by atoms with Gasteiger partial charge in [-0.3, -0.25) is 4.79 Å². The number of carbonyl (C=O) groups excluding carboxylic acids is 1. The van der Waals surface area contributed by atoms with Crippen molar-refractivity contribution in [2.45, 2.75) is 19.8 Å². The number of aromatic hydroxyl groups is 1. The van der Waals surface area contributed by atoms with Gasteiger partial charge in [0.25, 0.3) is 5.91 Å². The van der Waals surface area contributed by atoms with Crippen molar-refractivity contribution in [1.29, 1.82) is 0 Å². The van der Waals surface area contributed by atoms with E-state index in [2.05, 4.69) is 17.3 Å². The predicted molar refractivity (Wildman–Crippen MR) is 75.4 cm³/mol. The van der Waals surface area contributed by atoms with Crippen LogP contribution in [-0.4, -0.2) is 42.6 Å². The minimum absolute atomic E-state index is 0.0590. The topological polar surface area (TPSA) is 52.6 Å². The van der Waals surface area contributed by atoms with E-state index in [1.165, 1.54) is 12.8 Å². The summed E-state index contributed by atoms with van der Waals surface area (Å²) < 4.78 is 0. The molecule has 1 amide bonds. The van der Waals surface area contributed by atoms with Crippen LogP contribution in [0.5, 0.6) is 5.75 Å². The molecule has 1 aromatic carbocycles. The molecule has 1 unspecified atom stereocenters. The van der Waals surface area contributed by atoms with E-state index in [0.29, 0.717) is 11.5 Å². The summed E-state index contributed by atoms with van der Waals surface area (Å²) in [6, 6.07) is 4.95. The number of phenolic OH excluding ortho intramolecular Hbond substituents is 1. The molecule has 0 aliphatic carbocycles. The van der Waals surface area contributed by atoms with E-state index in [1.54, 1.807) is 25.1 Å². The molecule has 104 valence electrons. The van der Waals surface area contributed by atoms with Crippen molar-refractivity contribution < 1.29 is 9.90 Å². The first-order valence-corrected chi connectivity index (χ1v) is 6.82. The van der Waals surface area contributed by atoms with Gasteiger partial charge < -0.3 is 15.3 Å². The fourth-order valence-corrected chi connectivity index (χ4v) is 2.58. The smallest absolute Gasteiger partial charge is 0.251 e. The predicted octanol–water partition coefficient (Wildman–Crippen LogP) is 1.77. The number of phenols is 1. The number of nitrogens with zero attached hydrogens (tertiary/aromatic N) is 1. The fourth-order valence-electron chi connectivity index (χ4n) is 2.58. The first-order chi connectivity index (χ1) is 9.06. The van der Waals surface area contributed by atoms with Gasteiger partial charge in [0.15, 0.2) is 0 Å². The third kappa shape index (κ3) is 3.70. The third-order valence-corrected chi connectivity index (χ3v) is 3.73. The van der Waals surface area contributed by atoms with Gasteiger partial charge in [-0.05, 0) is 63.0 Å². The molecule has 0 bridgehead atoms. The first-order valence-electron chi connectivity index (χ1n) is 6.82. The highest BCUT2D eigenvalue weighted by molar-refractivity contribution is 5.94. The molecule has 1 aromatic rings. The summed E-state index contributed by atoms with van der Waals surface area (Å²) in [5, 5.41) is 12.4. The lowest BCUT2D eigenvalue weighted by Crippen LogP contribution is -2.39. The van der Waals surface area contributed by atoms with Gasteiger partial charge in [0.2, 0.25) is 0 Å². The number of amides is 1. The Kier molecular flexibility index (Phi) is 4.43. The number of benzene rings is 1. The van der Waals surface area contributed by atoms with Gasteiger partial charge in [-0.15, -0.1) is 0 Å². The SMILES string of the molecule is Cc1cc(C(=O)NCC2CCCN(C)C2)ccc1O. The first kappa shape index (κ1) is 13.9. The van der Waals surface area contributed by atoms with Gasteiger partial charge in [0.05, 0.1) is 0 Å². The second-order valence-corrected chi connectivity index (χ2v) is 5.48. The number of piperidine rings is 1. The Morgan fingerprint density at radius 2 is 2.32 bits per heavy atom. The van der Waals surface area contributed by atoms with Crippen molar-refractivity contribution in [2.24, 2.45) is 5.92 Å². The molecule has 4 heteroatoms. The molecule has 1 aliphatic heterocycles. The van der Waals surface area contributed by atoms with Crippen LogP contribution in [0.2, 0.25) is 0 Å². The fraction of sp³-hybridized carbons (Fsp3) is 0.533. The average Bonchev–Trinajstić information content (AvgIpc) is 2.39. The minimum Gasteiger partial charge on any atom is -0.508 e. The molecular formula is C15H22N2O2. The molecule has 0 saturated carbocycles. The van der Waals surface area contributed by atoms with Crippen molar-refractivity contribution >= 4 is 5.91 Å². The molecule has 1 aliphatic rings. The lowest BCUT2D eigenvalue weighted by atomic mass is 9.98.